The van der Waals surface area contributed by atoms with Crippen LogP contribution >= 0.6 is 0 Å². The van der Waals surface area contributed by atoms with E-state index >= 15 is 0 Å². The minimum atomic E-state index is -4.31. The summed E-state index contributed by atoms with van der Waals surface area (Å²) in [6, 6.07) is 28.0. The van der Waals surface area contributed by atoms with Crippen LogP contribution < -0.4 is 10.6 Å². The molecule has 2 aliphatic carbocycles. The molecule has 2 saturated carbocycles. The lowest BCUT2D eigenvalue weighted by molar-refractivity contribution is -0.139. The summed E-state index contributed by atoms with van der Waals surface area (Å²) in [5.41, 5.74) is 3.17. The normalized spacial score (nSPS) is 17.9. The minimum absolute atomic E-state index is 0.133. The van der Waals surface area contributed by atoms with E-state index in [-0.39, 0.29) is 29.8 Å². The quantitative estimate of drug-likeness (QED) is 0.0481. The first-order valence-electron chi connectivity index (χ1n) is 25.3. The molecule has 5 nitrogen and oxygen atoms in total. The van der Waals surface area contributed by atoms with Gasteiger partial charge in [-0.25, -0.2) is 4.39 Å². The Morgan fingerprint density at radius 1 is 0.600 bits per heavy atom. The third-order valence-electron chi connectivity index (χ3n) is 12.4. The summed E-state index contributed by atoms with van der Waals surface area (Å²) in [7, 11) is 0. The molecule has 12 heteroatoms. The van der Waals surface area contributed by atoms with Gasteiger partial charge in [0, 0.05) is 19.4 Å². The van der Waals surface area contributed by atoms with Gasteiger partial charge in [-0.3, -0.25) is 4.79 Å². The van der Waals surface area contributed by atoms with Gasteiger partial charge in [-0.15, -0.1) is 0 Å². The molecular weight excluding hydrogens is 906 g/mol. The summed E-state index contributed by atoms with van der Waals surface area (Å²) in [6.07, 6.45) is 3.86. The maximum atomic E-state index is 12.9. The number of halogens is 7. The zero-order chi connectivity index (χ0) is 52.1. The molecule has 0 heterocycles. The molecule has 0 amide bonds. The Bertz CT molecular complexity index is 1990. The van der Waals surface area contributed by atoms with Crippen LogP contribution in [0.15, 0.2) is 115 Å². The van der Waals surface area contributed by atoms with E-state index in [4.69, 9.17) is 5.11 Å². The number of allylic oxidation sites excluding steroid dienone is 1. The van der Waals surface area contributed by atoms with Crippen molar-refractivity contribution in [2.24, 2.45) is 23.7 Å². The van der Waals surface area contributed by atoms with Gasteiger partial charge in [-0.1, -0.05) is 128 Å². The summed E-state index contributed by atoms with van der Waals surface area (Å²) in [5.74, 6) is 2.09. The smallest absolute Gasteiger partial charge is 0.416 e. The van der Waals surface area contributed by atoms with Gasteiger partial charge in [0.1, 0.15) is 5.82 Å². The SMILES string of the molecule is C=C(O)CC1CCCC(c2ccc(F)cc2)C1.CC.CC(C)CCNCCc1ccccc1.CC(C)CCNCc1ccc(C(F)(F)F)cc1.O=C(O)CC1CCCC(c2ccc(C(F)(F)F)cc2)C1. The van der Waals surface area contributed by atoms with Gasteiger partial charge < -0.3 is 20.8 Å². The van der Waals surface area contributed by atoms with Crippen LogP contribution in [-0.4, -0.2) is 35.8 Å². The molecule has 0 aromatic heterocycles. The molecule has 6 rings (SSSR count). The van der Waals surface area contributed by atoms with Gasteiger partial charge in [0.2, 0.25) is 0 Å². The highest BCUT2D eigenvalue weighted by Crippen LogP contribution is 2.40. The summed E-state index contributed by atoms with van der Waals surface area (Å²) >= 11 is 0. The second-order valence-electron chi connectivity index (χ2n) is 19.2. The molecule has 0 bridgehead atoms. The highest BCUT2D eigenvalue weighted by atomic mass is 19.4. The van der Waals surface area contributed by atoms with Crippen molar-refractivity contribution in [3.63, 3.8) is 0 Å². The van der Waals surface area contributed by atoms with Crippen molar-refractivity contribution >= 4 is 5.97 Å². The Kier molecular flexibility index (Phi) is 29.0. The van der Waals surface area contributed by atoms with Crippen LogP contribution in [-0.2, 0) is 30.1 Å². The third-order valence-corrected chi connectivity index (χ3v) is 12.4. The van der Waals surface area contributed by atoms with Crippen molar-refractivity contribution in [2.75, 3.05) is 19.6 Å². The summed E-state index contributed by atoms with van der Waals surface area (Å²) in [6.45, 7) is 20.1. The lowest BCUT2D eigenvalue weighted by atomic mass is 9.76. The van der Waals surface area contributed by atoms with Gasteiger partial charge in [0.25, 0.3) is 0 Å². The number of nitrogens with one attached hydrogen (secondary N) is 2. The molecule has 0 radical (unpaired) electrons. The maximum Gasteiger partial charge on any atom is 0.416 e. The number of aliphatic hydroxyl groups is 1. The van der Waals surface area contributed by atoms with Gasteiger partial charge in [-0.05, 0) is 172 Å². The molecule has 70 heavy (non-hydrogen) atoms. The highest BCUT2D eigenvalue weighted by molar-refractivity contribution is 5.67. The van der Waals surface area contributed by atoms with E-state index in [0.717, 1.165) is 112 Å². The van der Waals surface area contributed by atoms with E-state index in [1.807, 2.05) is 26.0 Å². The number of alkyl halides is 6. The van der Waals surface area contributed by atoms with Crippen LogP contribution in [0.3, 0.4) is 0 Å². The van der Waals surface area contributed by atoms with Crippen LogP contribution in [0.2, 0.25) is 0 Å². The molecule has 4 unspecified atom stereocenters. The van der Waals surface area contributed by atoms with E-state index in [1.165, 1.54) is 66.8 Å². The first-order valence-corrected chi connectivity index (χ1v) is 25.3. The first-order chi connectivity index (χ1) is 33.2. The molecule has 0 aliphatic heterocycles. The van der Waals surface area contributed by atoms with Crippen molar-refractivity contribution in [3.8, 4) is 0 Å². The van der Waals surface area contributed by atoms with Gasteiger partial charge in [-0.2, -0.15) is 26.3 Å². The van der Waals surface area contributed by atoms with Crippen molar-refractivity contribution in [2.45, 2.75) is 156 Å². The number of aliphatic hydroxyl groups excluding tert-OH is 1. The average Bonchev–Trinajstić information content (AvgIpc) is 3.31. The number of hydrogen-bond acceptors (Lipinski definition) is 4. The number of carbonyl (C=O) groups is 1. The van der Waals surface area contributed by atoms with Crippen molar-refractivity contribution in [1.29, 1.82) is 0 Å². The lowest BCUT2D eigenvalue weighted by Gasteiger charge is -2.29. The summed E-state index contributed by atoms with van der Waals surface area (Å²) in [5, 5.41) is 24.8. The Hall–Kier alpha value is -4.68. The molecule has 0 saturated heterocycles. The molecule has 4 N–H and O–H groups in total. The van der Waals surface area contributed by atoms with E-state index in [0.29, 0.717) is 30.7 Å². The number of benzene rings is 4. The molecule has 4 aromatic rings. The molecular formula is C58H81F7N2O3. The zero-order valence-corrected chi connectivity index (χ0v) is 42.5. The lowest BCUT2D eigenvalue weighted by Crippen LogP contribution is -2.19. The predicted octanol–water partition coefficient (Wildman–Crippen LogP) is 16.7. The monoisotopic (exact) mass is 987 g/mol. The van der Waals surface area contributed by atoms with Crippen molar-refractivity contribution in [3.05, 3.63) is 155 Å². The average molecular weight is 987 g/mol. The highest BCUT2D eigenvalue weighted by Gasteiger charge is 2.32. The second-order valence-corrected chi connectivity index (χ2v) is 19.2. The standard InChI is InChI=1S/C15H17F3O2.C15H19FO.C13H18F3N.C13H21N.C2H6/c16-15(17,18)13-6-4-11(5-7-13)12-3-1-2-10(8-12)9-14(19)20;1-11(17)9-12-3-2-4-14(10-12)13-5-7-15(16)8-6-13;1-10(2)7-8-17-9-11-3-5-12(6-4-11)13(14,15)16;1-12(2)8-10-14-11-9-13-6-4-3-5-7-13;1-2/h4-7,10,12H,1-3,8-9H2,(H,19,20);5-8,12,14,17H,1-4,9-10H2;3-6,10,17H,7-9H2,1-2H3;3-7,12,14H,8-11H2,1-2H3;1-2H3. The maximum absolute atomic E-state index is 12.9. The van der Waals surface area contributed by atoms with Crippen molar-refractivity contribution < 1.29 is 45.7 Å². The summed E-state index contributed by atoms with van der Waals surface area (Å²) in [4.78, 5) is 10.7. The van der Waals surface area contributed by atoms with Crippen LogP contribution in [0.4, 0.5) is 30.7 Å². The predicted molar refractivity (Wildman–Crippen MR) is 272 cm³/mol. The zero-order valence-electron chi connectivity index (χ0n) is 42.5. The van der Waals surface area contributed by atoms with Gasteiger partial charge in [0.15, 0.2) is 0 Å². The molecule has 4 aromatic carbocycles. The number of aliphatic carboxylic acids is 1. The van der Waals surface area contributed by atoms with Crippen LogP contribution in [0.5, 0.6) is 0 Å². The molecule has 4 atom stereocenters. The fraction of sp³-hybridized carbons (Fsp3) is 0.534. The largest absolute Gasteiger partial charge is 0.513 e. The number of rotatable bonds is 17. The van der Waals surface area contributed by atoms with E-state index in [9.17, 15) is 40.6 Å². The Morgan fingerprint density at radius 2 is 1.04 bits per heavy atom. The number of carboxylic acids is 1. The van der Waals surface area contributed by atoms with E-state index in [2.05, 4.69) is 75.2 Å². The molecule has 2 fully saturated rings. The van der Waals surface area contributed by atoms with Crippen LogP contribution in [0, 0.1) is 29.5 Å². The van der Waals surface area contributed by atoms with E-state index in [1.54, 1.807) is 0 Å². The Labute approximate surface area is 414 Å². The Morgan fingerprint density at radius 3 is 1.49 bits per heavy atom. The number of hydrogen-bond donors (Lipinski definition) is 4. The van der Waals surface area contributed by atoms with Gasteiger partial charge in [0.05, 0.1) is 16.9 Å². The third kappa shape index (κ3) is 26.5. The van der Waals surface area contributed by atoms with Crippen molar-refractivity contribution in [1.82, 2.24) is 10.6 Å². The number of carboxylic acid groups (broad SMARTS) is 1. The Balaban J connectivity index is 0.000000318. The topological polar surface area (TPSA) is 81.6 Å². The summed E-state index contributed by atoms with van der Waals surface area (Å²) < 4.78 is 87.3. The molecule has 390 valence electrons. The van der Waals surface area contributed by atoms with Crippen LogP contribution in [0.25, 0.3) is 0 Å². The minimum Gasteiger partial charge on any atom is -0.513 e. The fourth-order valence-electron chi connectivity index (χ4n) is 8.65. The second kappa shape index (κ2) is 33.1. The van der Waals surface area contributed by atoms with Crippen LogP contribution in [0.1, 0.15) is 164 Å². The van der Waals surface area contributed by atoms with E-state index < -0.39 is 29.4 Å². The molecule has 2 aliphatic rings. The van der Waals surface area contributed by atoms with Gasteiger partial charge >= 0.3 is 18.3 Å². The molecule has 0 spiro atoms. The first kappa shape index (κ1) is 61.4. The fourth-order valence-corrected chi connectivity index (χ4v) is 8.65.